The number of nitrogens with zero attached hydrogens (tertiary/aromatic N) is 3. The Morgan fingerprint density at radius 1 is 1.30 bits per heavy atom. The van der Waals surface area contributed by atoms with Crippen molar-refractivity contribution in [1.82, 2.24) is 9.78 Å². The van der Waals surface area contributed by atoms with E-state index in [0.717, 1.165) is 23.4 Å². The fourth-order valence-electron chi connectivity index (χ4n) is 2.02. The van der Waals surface area contributed by atoms with Crippen molar-refractivity contribution < 1.29 is 14.7 Å². The molecular weight excluding hydrogens is 338 g/mol. The van der Waals surface area contributed by atoms with Crippen molar-refractivity contribution in [3.63, 3.8) is 0 Å². The van der Waals surface area contributed by atoms with E-state index < -0.39 is 5.97 Å². The minimum Gasteiger partial charge on any atom is -0.481 e. The van der Waals surface area contributed by atoms with Crippen molar-refractivity contribution in [2.45, 2.75) is 32.2 Å². The van der Waals surface area contributed by atoms with Gasteiger partial charge in [0.15, 0.2) is 0 Å². The Hall–Kier alpha value is -1.99. The van der Waals surface area contributed by atoms with Gasteiger partial charge in [0, 0.05) is 23.6 Å². The van der Waals surface area contributed by atoms with Gasteiger partial charge in [0.25, 0.3) is 0 Å². The summed E-state index contributed by atoms with van der Waals surface area (Å²) in [6, 6.07) is 7.29. The zero-order valence-corrected chi connectivity index (χ0v) is 13.9. The minimum absolute atomic E-state index is 0.170. The Morgan fingerprint density at radius 2 is 2.04 bits per heavy atom. The maximum absolute atomic E-state index is 10.7. The molecule has 23 heavy (non-hydrogen) atoms. The van der Waals surface area contributed by atoms with Crippen LogP contribution in [0.3, 0.4) is 0 Å². The quantitative estimate of drug-likeness (QED) is 0.584. The lowest BCUT2D eigenvalue weighted by molar-refractivity contribution is -0.137. The van der Waals surface area contributed by atoms with Crippen LogP contribution in [0.2, 0.25) is 5.02 Å². The number of rotatable bonds is 8. The molecule has 1 aromatic carbocycles. The van der Waals surface area contributed by atoms with E-state index in [9.17, 15) is 9.59 Å². The van der Waals surface area contributed by atoms with Gasteiger partial charge in [-0.1, -0.05) is 41.5 Å². The molecule has 1 amide bonds. The topological polar surface area (TPSA) is 84.5 Å². The first-order valence-electron chi connectivity index (χ1n) is 7.13. The van der Waals surface area contributed by atoms with E-state index in [-0.39, 0.29) is 6.42 Å². The summed E-state index contributed by atoms with van der Waals surface area (Å²) in [7, 11) is 0. The first-order chi connectivity index (χ1) is 11.1. The Kier molecular flexibility index (Phi) is 6.49. The van der Waals surface area contributed by atoms with Crippen LogP contribution in [0, 0.1) is 0 Å². The summed E-state index contributed by atoms with van der Waals surface area (Å²) in [6.07, 6.45) is 2.87. The number of hydrogen-bond donors (Lipinski definition) is 1. The molecule has 0 aliphatic heterocycles. The molecule has 0 unspecified atom stereocenters. The Labute approximate surface area is 142 Å². The summed E-state index contributed by atoms with van der Waals surface area (Å²) >= 11 is 7.21. The molecule has 0 fully saturated rings. The first kappa shape index (κ1) is 17.4. The van der Waals surface area contributed by atoms with Gasteiger partial charge in [0.2, 0.25) is 11.2 Å². The van der Waals surface area contributed by atoms with Gasteiger partial charge in [-0.3, -0.25) is 9.59 Å². The van der Waals surface area contributed by atoms with E-state index in [1.807, 2.05) is 12.1 Å². The molecule has 0 bridgehead atoms. The summed E-state index contributed by atoms with van der Waals surface area (Å²) in [5.41, 5.74) is 0.909. The van der Waals surface area contributed by atoms with Gasteiger partial charge in [0.05, 0.1) is 0 Å². The van der Waals surface area contributed by atoms with Gasteiger partial charge in [-0.05, 0) is 25.0 Å². The lowest BCUT2D eigenvalue weighted by Crippen LogP contribution is -2.16. The van der Waals surface area contributed by atoms with Gasteiger partial charge >= 0.3 is 5.97 Å². The molecule has 0 aliphatic carbocycles. The van der Waals surface area contributed by atoms with Crippen LogP contribution >= 0.6 is 22.9 Å². The van der Waals surface area contributed by atoms with Gasteiger partial charge < -0.3 is 5.11 Å². The first-order valence-corrected chi connectivity index (χ1v) is 8.33. The molecule has 1 aromatic heterocycles. The Bertz CT molecular complexity index is 737. The number of hydrogen-bond acceptors (Lipinski definition) is 4. The molecule has 0 atom stereocenters. The van der Waals surface area contributed by atoms with Gasteiger partial charge in [-0.25, -0.2) is 4.68 Å². The molecule has 2 aromatic rings. The standard InChI is InChI=1S/C15H16ClN3O3S/c16-12-7-5-11(6-8-12)14-18-19(15(23-14)17-10-20)9-3-1-2-4-13(21)22/h5-8,10H,1-4,9H2,(H,21,22). The summed E-state index contributed by atoms with van der Waals surface area (Å²) in [4.78, 5) is 25.5. The largest absolute Gasteiger partial charge is 0.481 e. The lowest BCUT2D eigenvalue weighted by atomic mass is 10.2. The third-order valence-electron chi connectivity index (χ3n) is 3.14. The van der Waals surface area contributed by atoms with E-state index in [1.54, 1.807) is 16.8 Å². The lowest BCUT2D eigenvalue weighted by Gasteiger charge is -2.01. The monoisotopic (exact) mass is 353 g/mol. The number of aryl methyl sites for hydroxylation is 1. The fourth-order valence-corrected chi connectivity index (χ4v) is 3.04. The van der Waals surface area contributed by atoms with E-state index in [2.05, 4.69) is 10.1 Å². The van der Waals surface area contributed by atoms with Crippen LogP contribution in [0.1, 0.15) is 25.7 Å². The molecule has 122 valence electrons. The SMILES string of the molecule is O=CN=c1sc(-c2ccc(Cl)cc2)nn1CCCCCC(=O)O. The zero-order chi connectivity index (χ0) is 16.7. The van der Waals surface area contributed by atoms with Crippen molar-refractivity contribution in [2.75, 3.05) is 0 Å². The zero-order valence-electron chi connectivity index (χ0n) is 12.3. The van der Waals surface area contributed by atoms with Crippen molar-refractivity contribution in [3.05, 3.63) is 34.1 Å². The summed E-state index contributed by atoms with van der Waals surface area (Å²) in [5, 5.41) is 14.5. The number of carboxylic acid groups (broad SMARTS) is 1. The second-order valence-corrected chi connectivity index (χ2v) is 6.25. The molecular formula is C15H16ClN3O3S. The summed E-state index contributed by atoms with van der Waals surface area (Å²) < 4.78 is 1.68. The molecule has 6 nitrogen and oxygen atoms in total. The number of carbonyl (C=O) groups excluding carboxylic acids is 1. The molecule has 1 heterocycles. The second kappa shape index (κ2) is 8.59. The summed E-state index contributed by atoms with van der Waals surface area (Å²) in [6.45, 7) is 0.594. The third kappa shape index (κ3) is 5.30. The Balaban J connectivity index is 2.09. The number of carboxylic acids is 1. The molecule has 0 spiro atoms. The van der Waals surface area contributed by atoms with Crippen LogP contribution in [0.25, 0.3) is 10.6 Å². The molecule has 0 radical (unpaired) electrons. The highest BCUT2D eigenvalue weighted by molar-refractivity contribution is 7.12. The molecule has 8 heteroatoms. The molecule has 1 N–H and O–H groups in total. The average Bonchev–Trinajstić information content (AvgIpc) is 2.91. The number of halogens is 1. The van der Waals surface area contributed by atoms with Crippen LogP contribution in [-0.2, 0) is 16.1 Å². The van der Waals surface area contributed by atoms with Crippen LogP contribution in [0.15, 0.2) is 29.3 Å². The van der Waals surface area contributed by atoms with Gasteiger partial charge in [-0.15, -0.1) is 0 Å². The fraction of sp³-hybridized carbons (Fsp3) is 0.333. The van der Waals surface area contributed by atoms with Crippen LogP contribution in [0.4, 0.5) is 0 Å². The maximum atomic E-state index is 10.7. The van der Waals surface area contributed by atoms with Crippen LogP contribution in [0.5, 0.6) is 0 Å². The highest BCUT2D eigenvalue weighted by Crippen LogP contribution is 2.21. The number of aliphatic carboxylic acids is 1. The van der Waals surface area contributed by atoms with E-state index in [1.165, 1.54) is 11.3 Å². The Morgan fingerprint density at radius 3 is 2.70 bits per heavy atom. The highest BCUT2D eigenvalue weighted by atomic mass is 35.5. The smallest absolute Gasteiger partial charge is 0.303 e. The molecule has 0 saturated carbocycles. The average molecular weight is 354 g/mol. The number of amides is 1. The van der Waals surface area contributed by atoms with Crippen molar-refractivity contribution in [1.29, 1.82) is 0 Å². The van der Waals surface area contributed by atoms with E-state index in [0.29, 0.717) is 29.2 Å². The van der Waals surface area contributed by atoms with E-state index >= 15 is 0 Å². The van der Waals surface area contributed by atoms with Crippen LogP contribution in [-0.4, -0.2) is 27.3 Å². The van der Waals surface area contributed by atoms with Crippen molar-refractivity contribution in [3.8, 4) is 10.6 Å². The summed E-state index contributed by atoms with van der Waals surface area (Å²) in [5.74, 6) is -0.784. The number of unbranched alkanes of at least 4 members (excludes halogenated alkanes) is 2. The predicted molar refractivity (Wildman–Crippen MR) is 88.3 cm³/mol. The second-order valence-electron chi connectivity index (χ2n) is 4.86. The molecule has 0 saturated heterocycles. The number of carbonyl (C=O) groups is 2. The number of benzene rings is 1. The third-order valence-corrected chi connectivity index (χ3v) is 4.40. The highest BCUT2D eigenvalue weighted by Gasteiger charge is 2.07. The van der Waals surface area contributed by atoms with Crippen molar-refractivity contribution >= 4 is 35.3 Å². The van der Waals surface area contributed by atoms with Gasteiger partial charge in [0.1, 0.15) is 5.01 Å². The van der Waals surface area contributed by atoms with Crippen LogP contribution < -0.4 is 4.80 Å². The predicted octanol–water partition coefficient (Wildman–Crippen LogP) is 2.97. The van der Waals surface area contributed by atoms with Gasteiger partial charge in [-0.2, -0.15) is 10.1 Å². The molecule has 2 rings (SSSR count). The normalized spacial score (nSPS) is 11.6. The molecule has 0 aliphatic rings. The maximum Gasteiger partial charge on any atom is 0.303 e. The van der Waals surface area contributed by atoms with Crippen molar-refractivity contribution in [2.24, 2.45) is 4.99 Å². The minimum atomic E-state index is -0.784. The number of aromatic nitrogens is 2. The van der Waals surface area contributed by atoms with E-state index in [4.69, 9.17) is 16.7 Å².